The van der Waals surface area contributed by atoms with Crippen LogP contribution >= 0.6 is 11.3 Å². The topological polar surface area (TPSA) is 38.9 Å². The standard InChI is InChI=1S/C10H16N2S/c1-7(11)2-5-9-6-13-10(12-9)8-3-4-8/h6-8H,2-5,11H2,1H3/t7-/m0/s1. The first-order valence-electron chi connectivity index (χ1n) is 4.95. The highest BCUT2D eigenvalue weighted by Crippen LogP contribution is 2.41. The number of aromatic nitrogens is 1. The Balaban J connectivity index is 1.89. The summed E-state index contributed by atoms with van der Waals surface area (Å²) in [5.41, 5.74) is 6.93. The third kappa shape index (κ3) is 2.51. The van der Waals surface area contributed by atoms with Gasteiger partial charge in [-0.1, -0.05) is 0 Å². The molecular weight excluding hydrogens is 180 g/mol. The highest BCUT2D eigenvalue weighted by molar-refractivity contribution is 7.09. The minimum atomic E-state index is 0.297. The molecule has 1 heterocycles. The average molecular weight is 196 g/mol. The predicted molar refractivity (Wildman–Crippen MR) is 56.1 cm³/mol. The minimum absolute atomic E-state index is 0.297. The van der Waals surface area contributed by atoms with E-state index in [4.69, 9.17) is 5.73 Å². The molecule has 0 aromatic carbocycles. The van der Waals surface area contributed by atoms with E-state index in [9.17, 15) is 0 Å². The SMILES string of the molecule is C[C@H](N)CCc1csc(C2CC2)n1. The van der Waals surface area contributed by atoms with Crippen molar-refractivity contribution in [2.75, 3.05) is 0 Å². The van der Waals surface area contributed by atoms with Crippen LogP contribution in [0.15, 0.2) is 5.38 Å². The fourth-order valence-corrected chi connectivity index (χ4v) is 2.36. The molecule has 1 aromatic rings. The van der Waals surface area contributed by atoms with Crippen LogP contribution in [0.25, 0.3) is 0 Å². The molecule has 0 radical (unpaired) electrons. The fourth-order valence-electron chi connectivity index (χ4n) is 1.33. The zero-order chi connectivity index (χ0) is 9.26. The molecule has 0 aliphatic heterocycles. The lowest BCUT2D eigenvalue weighted by molar-refractivity contribution is 0.659. The molecule has 0 bridgehead atoms. The number of rotatable bonds is 4. The van der Waals surface area contributed by atoms with Crippen LogP contribution in [-0.2, 0) is 6.42 Å². The number of hydrogen-bond donors (Lipinski definition) is 1. The fraction of sp³-hybridized carbons (Fsp3) is 0.700. The van der Waals surface area contributed by atoms with Crippen molar-refractivity contribution in [1.29, 1.82) is 0 Å². The van der Waals surface area contributed by atoms with Crippen LogP contribution in [0.1, 0.15) is 42.8 Å². The molecule has 2 rings (SSSR count). The maximum absolute atomic E-state index is 5.69. The van der Waals surface area contributed by atoms with Gasteiger partial charge in [-0.2, -0.15) is 0 Å². The van der Waals surface area contributed by atoms with Crippen molar-refractivity contribution in [3.63, 3.8) is 0 Å². The number of aryl methyl sites for hydroxylation is 1. The Bertz CT molecular complexity index is 276. The molecule has 0 spiro atoms. The molecule has 2 N–H and O–H groups in total. The molecular formula is C10H16N2S. The molecule has 1 fully saturated rings. The highest BCUT2D eigenvalue weighted by atomic mass is 32.1. The Morgan fingerprint density at radius 2 is 2.46 bits per heavy atom. The number of hydrogen-bond acceptors (Lipinski definition) is 3. The Morgan fingerprint density at radius 1 is 1.69 bits per heavy atom. The van der Waals surface area contributed by atoms with E-state index in [1.165, 1.54) is 23.5 Å². The van der Waals surface area contributed by atoms with Gasteiger partial charge in [-0.15, -0.1) is 11.3 Å². The van der Waals surface area contributed by atoms with Gasteiger partial charge >= 0.3 is 0 Å². The van der Waals surface area contributed by atoms with Crippen LogP contribution in [0, 0.1) is 0 Å². The zero-order valence-electron chi connectivity index (χ0n) is 7.99. The molecule has 0 unspecified atom stereocenters. The van der Waals surface area contributed by atoms with E-state index in [-0.39, 0.29) is 0 Å². The molecule has 1 saturated carbocycles. The van der Waals surface area contributed by atoms with E-state index >= 15 is 0 Å². The normalized spacial score (nSPS) is 18.9. The van der Waals surface area contributed by atoms with Crippen LogP contribution in [0.3, 0.4) is 0 Å². The lowest BCUT2D eigenvalue weighted by Gasteiger charge is -2.00. The molecule has 2 nitrogen and oxygen atoms in total. The molecule has 0 amide bonds. The lowest BCUT2D eigenvalue weighted by atomic mass is 10.2. The molecule has 13 heavy (non-hydrogen) atoms. The van der Waals surface area contributed by atoms with Gasteiger partial charge in [0, 0.05) is 17.3 Å². The van der Waals surface area contributed by atoms with Crippen LogP contribution in [0.4, 0.5) is 0 Å². The van der Waals surface area contributed by atoms with Crippen molar-refractivity contribution in [3.05, 3.63) is 16.1 Å². The second-order valence-corrected chi connectivity index (χ2v) is 4.86. The monoisotopic (exact) mass is 196 g/mol. The number of nitrogens with zero attached hydrogens (tertiary/aromatic N) is 1. The van der Waals surface area contributed by atoms with Gasteiger partial charge in [0.2, 0.25) is 0 Å². The second-order valence-electron chi connectivity index (χ2n) is 3.97. The Labute approximate surface area is 83.2 Å². The smallest absolute Gasteiger partial charge is 0.0959 e. The Kier molecular flexibility index (Phi) is 2.65. The summed E-state index contributed by atoms with van der Waals surface area (Å²) in [6.45, 7) is 2.05. The van der Waals surface area contributed by atoms with E-state index in [1.807, 2.05) is 18.3 Å². The summed E-state index contributed by atoms with van der Waals surface area (Å²) in [5, 5.41) is 3.54. The van der Waals surface area contributed by atoms with Gasteiger partial charge in [-0.25, -0.2) is 4.98 Å². The Morgan fingerprint density at radius 3 is 3.08 bits per heavy atom. The summed E-state index contributed by atoms with van der Waals surface area (Å²) >= 11 is 1.82. The number of thiazole rings is 1. The Hall–Kier alpha value is -0.410. The van der Waals surface area contributed by atoms with Gasteiger partial charge in [0.05, 0.1) is 10.7 Å². The zero-order valence-corrected chi connectivity index (χ0v) is 8.81. The third-order valence-corrected chi connectivity index (χ3v) is 3.41. The maximum Gasteiger partial charge on any atom is 0.0959 e. The molecule has 1 aliphatic rings. The van der Waals surface area contributed by atoms with E-state index in [2.05, 4.69) is 10.4 Å². The van der Waals surface area contributed by atoms with Gasteiger partial charge in [0.1, 0.15) is 0 Å². The summed E-state index contributed by atoms with van der Waals surface area (Å²) in [7, 11) is 0. The third-order valence-electron chi connectivity index (χ3n) is 2.35. The molecule has 1 aromatic heterocycles. The molecule has 1 atom stereocenters. The van der Waals surface area contributed by atoms with E-state index < -0.39 is 0 Å². The molecule has 1 aliphatic carbocycles. The van der Waals surface area contributed by atoms with Gasteiger partial charge in [-0.3, -0.25) is 0 Å². The van der Waals surface area contributed by atoms with E-state index in [0.29, 0.717) is 6.04 Å². The highest BCUT2D eigenvalue weighted by Gasteiger charge is 2.26. The van der Waals surface area contributed by atoms with Crippen molar-refractivity contribution in [2.24, 2.45) is 5.73 Å². The van der Waals surface area contributed by atoms with Crippen molar-refractivity contribution in [2.45, 2.75) is 44.6 Å². The predicted octanol–water partition coefficient (Wildman–Crippen LogP) is 2.30. The van der Waals surface area contributed by atoms with Gasteiger partial charge in [-0.05, 0) is 32.6 Å². The second kappa shape index (κ2) is 3.76. The maximum atomic E-state index is 5.69. The first-order valence-corrected chi connectivity index (χ1v) is 5.83. The first kappa shape index (κ1) is 9.16. The summed E-state index contributed by atoms with van der Waals surface area (Å²) in [4.78, 5) is 4.61. The van der Waals surface area contributed by atoms with Gasteiger partial charge < -0.3 is 5.73 Å². The minimum Gasteiger partial charge on any atom is -0.328 e. The van der Waals surface area contributed by atoms with Gasteiger partial charge in [0.15, 0.2) is 0 Å². The number of nitrogens with two attached hydrogens (primary N) is 1. The molecule has 72 valence electrons. The van der Waals surface area contributed by atoms with Crippen LogP contribution in [0.2, 0.25) is 0 Å². The van der Waals surface area contributed by atoms with Crippen LogP contribution in [-0.4, -0.2) is 11.0 Å². The van der Waals surface area contributed by atoms with Crippen LogP contribution in [0.5, 0.6) is 0 Å². The quantitative estimate of drug-likeness (QED) is 0.802. The molecule has 3 heteroatoms. The van der Waals surface area contributed by atoms with Crippen molar-refractivity contribution in [3.8, 4) is 0 Å². The summed E-state index contributed by atoms with van der Waals surface area (Å²) < 4.78 is 0. The van der Waals surface area contributed by atoms with Crippen LogP contribution < -0.4 is 5.73 Å². The summed E-state index contributed by atoms with van der Waals surface area (Å²) in [6, 6.07) is 0.297. The largest absolute Gasteiger partial charge is 0.328 e. The summed E-state index contributed by atoms with van der Waals surface area (Å²) in [5.74, 6) is 0.800. The van der Waals surface area contributed by atoms with E-state index in [0.717, 1.165) is 18.8 Å². The van der Waals surface area contributed by atoms with Crippen molar-refractivity contribution in [1.82, 2.24) is 4.98 Å². The van der Waals surface area contributed by atoms with Crippen molar-refractivity contribution >= 4 is 11.3 Å². The lowest BCUT2D eigenvalue weighted by Crippen LogP contribution is -2.15. The molecule has 0 saturated heterocycles. The van der Waals surface area contributed by atoms with Gasteiger partial charge in [0.25, 0.3) is 0 Å². The van der Waals surface area contributed by atoms with Crippen molar-refractivity contribution < 1.29 is 0 Å². The first-order chi connectivity index (χ1) is 6.25. The average Bonchev–Trinajstić information content (AvgIpc) is 2.83. The van der Waals surface area contributed by atoms with E-state index in [1.54, 1.807) is 0 Å². The summed E-state index contributed by atoms with van der Waals surface area (Å²) in [6.07, 6.45) is 4.79.